The summed E-state index contributed by atoms with van der Waals surface area (Å²) >= 11 is 11.3. The van der Waals surface area contributed by atoms with Gasteiger partial charge in [-0.3, -0.25) is 4.79 Å². The second-order valence-electron chi connectivity index (χ2n) is 2.73. The van der Waals surface area contributed by atoms with Crippen LogP contribution in [0, 0.1) is 0 Å². The monoisotopic (exact) mass is 246 g/mol. The number of amides is 1. The van der Waals surface area contributed by atoms with Gasteiger partial charge in [0, 0.05) is 5.69 Å². The van der Waals surface area contributed by atoms with E-state index in [0.717, 1.165) is 0 Å². The van der Waals surface area contributed by atoms with Crippen LogP contribution in [0.3, 0.4) is 0 Å². The molecule has 4 nitrogen and oxygen atoms in total. The lowest BCUT2D eigenvalue weighted by Gasteiger charge is -2.06. The maximum absolute atomic E-state index is 11.0. The van der Waals surface area contributed by atoms with Crippen molar-refractivity contribution >= 4 is 40.8 Å². The summed E-state index contributed by atoms with van der Waals surface area (Å²) in [4.78, 5) is 21.1. The van der Waals surface area contributed by atoms with Crippen molar-refractivity contribution in [2.24, 2.45) is 0 Å². The van der Waals surface area contributed by atoms with Gasteiger partial charge in [-0.05, 0) is 18.2 Å². The first-order valence-corrected chi connectivity index (χ1v) is 4.69. The summed E-state index contributed by atoms with van der Waals surface area (Å²) < 4.78 is 0. The van der Waals surface area contributed by atoms with Gasteiger partial charge >= 0.3 is 0 Å². The molecular weight excluding hydrogens is 241 g/mol. The smallest absolute Gasteiger partial charge is 0.230 e. The number of hydrogen-bond acceptors (Lipinski definition) is 3. The van der Waals surface area contributed by atoms with E-state index in [1.807, 2.05) is 0 Å². The summed E-state index contributed by atoms with van der Waals surface area (Å²) in [5.74, 6) is -2.11. The molecule has 15 heavy (non-hydrogen) atoms. The predicted octanol–water partition coefficient (Wildman–Crippen LogP) is 1.07. The highest BCUT2D eigenvalue weighted by Crippen LogP contribution is 2.24. The maximum atomic E-state index is 11.0. The van der Waals surface area contributed by atoms with Gasteiger partial charge in [0.2, 0.25) is 5.91 Å². The zero-order valence-electron chi connectivity index (χ0n) is 7.42. The number of anilines is 1. The number of benzene rings is 1. The van der Waals surface area contributed by atoms with E-state index < -0.39 is 18.3 Å². The average Bonchev–Trinajstić information content (AvgIpc) is 2.10. The molecule has 1 aromatic carbocycles. The fourth-order valence-corrected chi connectivity index (χ4v) is 1.21. The first-order chi connectivity index (χ1) is 6.99. The fourth-order valence-electron chi connectivity index (χ4n) is 0.910. The highest BCUT2D eigenvalue weighted by Gasteiger charge is 2.04. The number of carbonyl (C=O) groups excluding carboxylic acids is 2. The molecule has 1 amide bonds. The molecule has 0 saturated heterocycles. The quantitative estimate of drug-likeness (QED) is 0.812. The Morgan fingerprint density at radius 2 is 1.93 bits per heavy atom. The van der Waals surface area contributed by atoms with E-state index >= 15 is 0 Å². The number of hydrogen-bond donors (Lipinski definition) is 1. The minimum atomic E-state index is -1.44. The fraction of sp³-hybridized carbons (Fsp3) is 0.111. The van der Waals surface area contributed by atoms with Gasteiger partial charge in [0.15, 0.2) is 0 Å². The molecule has 0 aliphatic heterocycles. The van der Waals surface area contributed by atoms with E-state index in [-0.39, 0.29) is 5.02 Å². The molecule has 80 valence electrons. The molecule has 0 spiro atoms. The molecule has 1 N–H and O–H groups in total. The average molecular weight is 247 g/mol. The molecule has 0 unspecified atom stereocenters. The Labute approximate surface area is 95.8 Å². The second kappa shape index (κ2) is 5.00. The van der Waals surface area contributed by atoms with Crippen LogP contribution in [0.5, 0.6) is 0 Å². The van der Waals surface area contributed by atoms with Gasteiger partial charge < -0.3 is 15.2 Å². The maximum Gasteiger partial charge on any atom is 0.230 e. The summed E-state index contributed by atoms with van der Waals surface area (Å²) in [7, 11) is 0. The molecule has 1 rings (SSSR count). The highest BCUT2D eigenvalue weighted by atomic mass is 35.5. The van der Waals surface area contributed by atoms with E-state index in [1.54, 1.807) is 0 Å². The van der Waals surface area contributed by atoms with Crippen molar-refractivity contribution < 1.29 is 14.7 Å². The number of carboxylic acids is 1. The molecule has 0 atom stereocenters. The van der Waals surface area contributed by atoms with Crippen LogP contribution in [0.15, 0.2) is 18.2 Å². The Morgan fingerprint density at radius 1 is 1.27 bits per heavy atom. The van der Waals surface area contributed by atoms with E-state index in [9.17, 15) is 14.7 Å². The topological polar surface area (TPSA) is 69.2 Å². The summed E-state index contributed by atoms with van der Waals surface area (Å²) in [6, 6.07) is 4.44. The zero-order chi connectivity index (χ0) is 11.4. The lowest BCUT2D eigenvalue weighted by atomic mass is 10.3. The highest BCUT2D eigenvalue weighted by molar-refractivity contribution is 6.42. The van der Waals surface area contributed by atoms with Crippen LogP contribution in [-0.2, 0) is 9.59 Å². The molecule has 0 heterocycles. The van der Waals surface area contributed by atoms with Crippen LogP contribution in [0.4, 0.5) is 5.69 Å². The number of rotatable bonds is 3. The normalized spacial score (nSPS) is 9.73. The molecule has 0 bridgehead atoms. The third kappa shape index (κ3) is 3.77. The Kier molecular flexibility index (Phi) is 3.94. The van der Waals surface area contributed by atoms with Crippen LogP contribution in [0.1, 0.15) is 6.42 Å². The molecule has 0 radical (unpaired) electrons. The van der Waals surface area contributed by atoms with Crippen molar-refractivity contribution in [1.82, 2.24) is 0 Å². The van der Waals surface area contributed by atoms with E-state index in [1.165, 1.54) is 18.2 Å². The molecule has 0 fully saturated rings. The summed E-state index contributed by atoms with van der Waals surface area (Å²) in [6.45, 7) is 0. The zero-order valence-corrected chi connectivity index (χ0v) is 8.93. The van der Waals surface area contributed by atoms with Crippen molar-refractivity contribution in [2.45, 2.75) is 6.42 Å². The third-order valence-corrected chi connectivity index (χ3v) is 2.25. The SMILES string of the molecule is O=C([O-])CC(=O)Nc1ccc(Cl)c(Cl)c1. The molecule has 6 heteroatoms. The van der Waals surface area contributed by atoms with Crippen LogP contribution in [-0.4, -0.2) is 11.9 Å². The van der Waals surface area contributed by atoms with Crippen molar-refractivity contribution in [3.8, 4) is 0 Å². The molecule has 0 aliphatic carbocycles. The standard InChI is InChI=1S/C9H7Cl2NO3/c10-6-2-1-5(3-7(6)11)12-8(13)4-9(14)15/h1-3H,4H2,(H,12,13)(H,14,15)/p-1. The van der Waals surface area contributed by atoms with Crippen LogP contribution < -0.4 is 10.4 Å². The lowest BCUT2D eigenvalue weighted by Crippen LogP contribution is -2.28. The van der Waals surface area contributed by atoms with Gasteiger partial charge in [-0.25, -0.2) is 0 Å². The van der Waals surface area contributed by atoms with Crippen LogP contribution >= 0.6 is 23.2 Å². The van der Waals surface area contributed by atoms with Crippen molar-refractivity contribution in [3.05, 3.63) is 28.2 Å². The van der Waals surface area contributed by atoms with Gasteiger partial charge in [0.05, 0.1) is 22.4 Å². The van der Waals surface area contributed by atoms with Crippen molar-refractivity contribution in [3.63, 3.8) is 0 Å². The van der Waals surface area contributed by atoms with Gasteiger partial charge in [-0.2, -0.15) is 0 Å². The molecule has 0 aliphatic rings. The number of halogens is 2. The van der Waals surface area contributed by atoms with E-state index in [4.69, 9.17) is 23.2 Å². The Balaban J connectivity index is 2.69. The van der Waals surface area contributed by atoms with E-state index in [2.05, 4.69) is 5.32 Å². The number of carboxylic acid groups (broad SMARTS) is 1. The van der Waals surface area contributed by atoms with E-state index in [0.29, 0.717) is 10.7 Å². The van der Waals surface area contributed by atoms with Gasteiger partial charge in [-0.15, -0.1) is 0 Å². The Bertz CT molecular complexity index is 406. The molecule has 0 saturated carbocycles. The summed E-state index contributed by atoms with van der Waals surface area (Å²) in [5, 5.41) is 13.1. The first-order valence-electron chi connectivity index (χ1n) is 3.94. The lowest BCUT2D eigenvalue weighted by molar-refractivity contribution is -0.304. The minimum Gasteiger partial charge on any atom is -0.550 e. The van der Waals surface area contributed by atoms with Crippen molar-refractivity contribution in [2.75, 3.05) is 5.32 Å². The number of carbonyl (C=O) groups is 2. The number of nitrogens with one attached hydrogen (secondary N) is 1. The largest absolute Gasteiger partial charge is 0.550 e. The summed E-state index contributed by atoms with van der Waals surface area (Å²) in [6.07, 6.45) is -0.694. The third-order valence-electron chi connectivity index (χ3n) is 1.51. The second-order valence-corrected chi connectivity index (χ2v) is 3.54. The molecular formula is C9H6Cl2NO3-. The Morgan fingerprint density at radius 3 is 2.47 bits per heavy atom. The number of aliphatic carboxylic acids is 1. The predicted molar refractivity (Wildman–Crippen MR) is 54.7 cm³/mol. The minimum absolute atomic E-state index is 0.280. The van der Waals surface area contributed by atoms with Gasteiger partial charge in [-0.1, -0.05) is 23.2 Å². The molecule has 1 aromatic rings. The molecule has 0 aromatic heterocycles. The van der Waals surface area contributed by atoms with Gasteiger partial charge in [0.25, 0.3) is 0 Å². The first kappa shape index (κ1) is 11.8. The summed E-state index contributed by atoms with van der Waals surface area (Å²) in [5.41, 5.74) is 0.385. The van der Waals surface area contributed by atoms with Crippen molar-refractivity contribution in [1.29, 1.82) is 0 Å². The van der Waals surface area contributed by atoms with Crippen LogP contribution in [0.2, 0.25) is 10.0 Å². The van der Waals surface area contributed by atoms with Gasteiger partial charge in [0.1, 0.15) is 0 Å². The Hall–Kier alpha value is -1.26. The van der Waals surface area contributed by atoms with Crippen LogP contribution in [0.25, 0.3) is 0 Å².